The Labute approximate surface area is 141 Å². The minimum atomic E-state index is -0.874. The Morgan fingerprint density at radius 3 is 2.48 bits per heavy atom. The summed E-state index contributed by atoms with van der Waals surface area (Å²) < 4.78 is 6.38. The largest absolute Gasteiger partial charge is 0.390 e. The molecule has 3 nitrogen and oxygen atoms in total. The van der Waals surface area contributed by atoms with Gasteiger partial charge in [0.2, 0.25) is 0 Å². The van der Waals surface area contributed by atoms with Crippen molar-refractivity contribution in [3.05, 3.63) is 23.3 Å². The topological polar surface area (TPSA) is 49.7 Å². The van der Waals surface area contributed by atoms with Gasteiger partial charge in [0.15, 0.2) is 0 Å². The van der Waals surface area contributed by atoms with Crippen molar-refractivity contribution in [3.63, 3.8) is 0 Å². The van der Waals surface area contributed by atoms with Crippen molar-refractivity contribution < 1.29 is 14.9 Å². The maximum atomic E-state index is 10.8. The van der Waals surface area contributed by atoms with Gasteiger partial charge in [-0.2, -0.15) is 0 Å². The van der Waals surface area contributed by atoms with Gasteiger partial charge in [-0.3, -0.25) is 0 Å². The fraction of sp³-hybridized carbons (Fsp3) is 0.800. The number of allylic oxidation sites excluding steroid dienone is 4. The van der Waals surface area contributed by atoms with Gasteiger partial charge in [-0.15, -0.1) is 0 Å². The van der Waals surface area contributed by atoms with Crippen LogP contribution in [0.2, 0.25) is 0 Å². The highest BCUT2D eigenvalue weighted by molar-refractivity contribution is 5.19. The van der Waals surface area contributed by atoms with Crippen LogP contribution in [0.4, 0.5) is 0 Å². The van der Waals surface area contributed by atoms with Crippen LogP contribution >= 0.6 is 0 Å². The zero-order valence-electron chi connectivity index (χ0n) is 15.4. The Morgan fingerprint density at radius 2 is 1.83 bits per heavy atom. The summed E-state index contributed by atoms with van der Waals surface area (Å²) in [4.78, 5) is 0. The first-order chi connectivity index (χ1) is 10.6. The molecule has 2 heterocycles. The van der Waals surface area contributed by atoms with Gasteiger partial charge in [0.05, 0.1) is 23.4 Å². The Hall–Kier alpha value is -0.640. The van der Waals surface area contributed by atoms with Gasteiger partial charge in [-0.1, -0.05) is 37.1 Å². The van der Waals surface area contributed by atoms with Crippen LogP contribution in [0.15, 0.2) is 23.3 Å². The summed E-state index contributed by atoms with van der Waals surface area (Å²) in [7, 11) is 0. The lowest BCUT2D eigenvalue weighted by atomic mass is 9.85. The number of fused-ring (bicyclic) bond motifs is 2. The average molecular weight is 322 g/mol. The molecular weight excluding hydrogens is 288 g/mol. The van der Waals surface area contributed by atoms with Gasteiger partial charge < -0.3 is 14.9 Å². The van der Waals surface area contributed by atoms with Crippen LogP contribution in [0.3, 0.4) is 0 Å². The molecule has 0 radical (unpaired) electrons. The predicted octanol–water partition coefficient (Wildman–Crippen LogP) is 4.14. The number of rotatable bonds is 1. The van der Waals surface area contributed by atoms with Gasteiger partial charge in [0.25, 0.3) is 0 Å². The minimum absolute atomic E-state index is 0.228. The number of aliphatic hydroxyl groups excluding tert-OH is 1. The molecule has 4 atom stereocenters. The first kappa shape index (κ1) is 18.7. The summed E-state index contributed by atoms with van der Waals surface area (Å²) in [5, 5.41) is 21.5. The molecule has 0 saturated carbocycles. The molecule has 23 heavy (non-hydrogen) atoms. The van der Waals surface area contributed by atoms with Crippen LogP contribution in [0.25, 0.3) is 0 Å². The molecule has 3 heteroatoms. The third kappa shape index (κ3) is 4.46. The highest BCUT2D eigenvalue weighted by atomic mass is 16.5. The zero-order chi connectivity index (χ0) is 17.3. The summed E-state index contributed by atoms with van der Waals surface area (Å²) >= 11 is 0. The van der Waals surface area contributed by atoms with Crippen LogP contribution < -0.4 is 0 Å². The van der Waals surface area contributed by atoms with E-state index in [2.05, 4.69) is 32.9 Å². The van der Waals surface area contributed by atoms with E-state index < -0.39 is 17.3 Å². The summed E-state index contributed by atoms with van der Waals surface area (Å²) in [6.07, 6.45) is 8.30. The maximum absolute atomic E-state index is 10.8. The number of hydrogen-bond donors (Lipinski definition) is 2. The number of ether oxygens (including phenoxy) is 1. The molecule has 2 aliphatic rings. The molecule has 2 aliphatic heterocycles. The normalized spacial score (nSPS) is 40.0. The Bertz CT molecular complexity index is 475. The van der Waals surface area contributed by atoms with Gasteiger partial charge >= 0.3 is 0 Å². The van der Waals surface area contributed by atoms with E-state index in [1.54, 1.807) is 0 Å². The van der Waals surface area contributed by atoms with Crippen LogP contribution in [0, 0.1) is 5.92 Å². The Balaban J connectivity index is 2.34. The maximum Gasteiger partial charge on any atom is 0.0920 e. The van der Waals surface area contributed by atoms with Gasteiger partial charge in [0.1, 0.15) is 0 Å². The molecule has 0 aromatic carbocycles. The number of hydrogen-bond acceptors (Lipinski definition) is 3. The Morgan fingerprint density at radius 1 is 1.13 bits per heavy atom. The lowest BCUT2D eigenvalue weighted by Crippen LogP contribution is -2.47. The van der Waals surface area contributed by atoms with Crippen LogP contribution in [0.1, 0.15) is 73.1 Å². The van der Waals surface area contributed by atoms with Crippen molar-refractivity contribution in [1.82, 2.24) is 0 Å². The monoisotopic (exact) mass is 322 g/mol. The second kappa shape index (κ2) is 7.08. The van der Waals surface area contributed by atoms with Crippen molar-refractivity contribution >= 4 is 0 Å². The molecule has 2 rings (SSSR count). The fourth-order valence-electron chi connectivity index (χ4n) is 3.67. The van der Waals surface area contributed by atoms with Crippen molar-refractivity contribution in [1.29, 1.82) is 0 Å². The van der Waals surface area contributed by atoms with E-state index in [0.29, 0.717) is 18.8 Å². The van der Waals surface area contributed by atoms with Crippen molar-refractivity contribution in [2.45, 2.75) is 96.6 Å². The van der Waals surface area contributed by atoms with Crippen molar-refractivity contribution in [3.8, 4) is 0 Å². The second-order valence-corrected chi connectivity index (χ2v) is 8.28. The zero-order valence-corrected chi connectivity index (χ0v) is 15.4. The number of aliphatic hydroxyl groups is 2. The third-order valence-electron chi connectivity index (χ3n) is 5.77. The van der Waals surface area contributed by atoms with E-state index in [-0.39, 0.29) is 6.10 Å². The van der Waals surface area contributed by atoms with Crippen molar-refractivity contribution in [2.24, 2.45) is 5.92 Å². The molecule has 0 amide bonds. The first-order valence-corrected chi connectivity index (χ1v) is 9.08. The second-order valence-electron chi connectivity index (χ2n) is 8.28. The average Bonchev–Trinajstić information content (AvgIpc) is 2.56. The SMILES string of the molecule is CC1=CC=C(C(C)C)CCC2(C)OC(CC1)C(C)(O)CCC2O. The molecule has 1 saturated heterocycles. The van der Waals surface area contributed by atoms with Crippen LogP contribution in [-0.2, 0) is 4.74 Å². The smallest absolute Gasteiger partial charge is 0.0920 e. The van der Waals surface area contributed by atoms with Gasteiger partial charge in [-0.05, 0) is 65.2 Å². The lowest BCUT2D eigenvalue weighted by Gasteiger charge is -2.38. The summed E-state index contributed by atoms with van der Waals surface area (Å²) in [5.41, 5.74) is 1.26. The van der Waals surface area contributed by atoms with Crippen molar-refractivity contribution in [2.75, 3.05) is 0 Å². The van der Waals surface area contributed by atoms with E-state index in [1.165, 1.54) is 11.1 Å². The predicted molar refractivity (Wildman–Crippen MR) is 94.3 cm³/mol. The molecule has 132 valence electrons. The van der Waals surface area contributed by atoms with Gasteiger partial charge in [-0.25, -0.2) is 0 Å². The Kier molecular flexibility index (Phi) is 5.76. The third-order valence-corrected chi connectivity index (χ3v) is 5.77. The molecule has 0 aromatic heterocycles. The van der Waals surface area contributed by atoms with Gasteiger partial charge in [0, 0.05) is 0 Å². The molecule has 4 unspecified atom stereocenters. The molecule has 1 fully saturated rings. The molecule has 2 bridgehead atoms. The van der Waals surface area contributed by atoms with E-state index in [4.69, 9.17) is 4.74 Å². The fourth-order valence-corrected chi connectivity index (χ4v) is 3.67. The van der Waals surface area contributed by atoms with E-state index in [1.807, 2.05) is 13.8 Å². The van der Waals surface area contributed by atoms with Crippen LogP contribution in [-0.4, -0.2) is 33.6 Å². The summed E-state index contributed by atoms with van der Waals surface area (Å²) in [6.45, 7) is 10.4. The quantitative estimate of drug-likeness (QED) is 0.763. The standard InChI is InChI=1S/C20H34O3/c1-14(2)16-8-6-15(3)7-9-18-19(4,22)12-11-17(21)20(5,23-18)13-10-16/h6,8,14,17-18,21-22H,7,9-13H2,1-5H3. The molecule has 2 N–H and O–H groups in total. The summed E-state index contributed by atoms with van der Waals surface area (Å²) in [6, 6.07) is 0. The van der Waals surface area contributed by atoms with E-state index in [0.717, 1.165) is 25.7 Å². The molecule has 0 spiro atoms. The highest BCUT2D eigenvalue weighted by Crippen LogP contribution is 2.39. The molecule has 0 aliphatic carbocycles. The van der Waals surface area contributed by atoms with E-state index in [9.17, 15) is 10.2 Å². The van der Waals surface area contributed by atoms with E-state index >= 15 is 0 Å². The minimum Gasteiger partial charge on any atom is -0.390 e. The van der Waals surface area contributed by atoms with Crippen LogP contribution in [0.5, 0.6) is 0 Å². The first-order valence-electron chi connectivity index (χ1n) is 9.08. The lowest BCUT2D eigenvalue weighted by molar-refractivity contribution is -0.180. The highest BCUT2D eigenvalue weighted by Gasteiger charge is 2.46. The molecule has 0 aromatic rings. The summed E-state index contributed by atoms with van der Waals surface area (Å²) in [5.74, 6) is 0.491. The molecular formula is C20H34O3.